The monoisotopic (exact) mass is 390 g/mol. The highest BCUT2D eigenvalue weighted by Crippen LogP contribution is 2.29. The van der Waals surface area contributed by atoms with Crippen LogP contribution in [-0.2, 0) is 11.3 Å². The second-order valence-corrected chi connectivity index (χ2v) is 6.23. The molecule has 9 nitrogen and oxygen atoms in total. The molecular weight excluding hydrogens is 383 g/mol. The van der Waals surface area contributed by atoms with E-state index in [4.69, 9.17) is 37.6 Å². The number of nitrogens with two attached hydrogens (primary N) is 1. The van der Waals surface area contributed by atoms with Crippen LogP contribution in [0.5, 0.6) is 5.75 Å². The summed E-state index contributed by atoms with van der Waals surface area (Å²) in [7, 11) is 0. The van der Waals surface area contributed by atoms with Gasteiger partial charge in [0.15, 0.2) is 5.76 Å². The molecule has 0 aliphatic carbocycles. The zero-order valence-electron chi connectivity index (χ0n) is 11.9. The number of aryl methyl sites for hydroxylation is 1. The number of hydrogen-bond acceptors (Lipinski definition) is 8. The maximum atomic E-state index is 12.4. The summed E-state index contributed by atoms with van der Waals surface area (Å²) < 4.78 is 27.6. The van der Waals surface area contributed by atoms with Crippen molar-refractivity contribution in [2.24, 2.45) is 0 Å². The molecule has 1 aromatic carbocycles. The first-order valence-electron chi connectivity index (χ1n) is 6.25. The van der Waals surface area contributed by atoms with Gasteiger partial charge in [-0.2, -0.15) is 4.21 Å². The van der Waals surface area contributed by atoms with Gasteiger partial charge in [0.05, 0.1) is 10.0 Å². The maximum Gasteiger partial charge on any atom is 0.456 e. The first kappa shape index (κ1) is 16.6. The van der Waals surface area contributed by atoms with Crippen LogP contribution < -0.4 is 15.7 Å². The molecule has 3 rings (SSSR count). The summed E-state index contributed by atoms with van der Waals surface area (Å²) >= 11 is 9.44. The van der Waals surface area contributed by atoms with E-state index in [0.717, 1.165) is 0 Å². The van der Waals surface area contributed by atoms with Crippen LogP contribution in [0.15, 0.2) is 32.0 Å². The van der Waals surface area contributed by atoms with E-state index in [1.165, 1.54) is 25.1 Å². The molecule has 24 heavy (non-hydrogen) atoms. The molecule has 1 atom stereocenters. The fourth-order valence-electron chi connectivity index (χ4n) is 1.77. The third-order valence-electron chi connectivity index (χ3n) is 2.88. The van der Waals surface area contributed by atoms with E-state index in [1.807, 2.05) is 0 Å². The van der Waals surface area contributed by atoms with Gasteiger partial charge in [-0.1, -0.05) is 33.5 Å². The number of hydrogen-bond donors (Lipinski definition) is 1. The van der Waals surface area contributed by atoms with Crippen LogP contribution in [-0.4, -0.2) is 18.5 Å². The van der Waals surface area contributed by atoms with Gasteiger partial charge in [0.2, 0.25) is 17.4 Å². The normalized spacial score (nSPS) is 12.3. The van der Waals surface area contributed by atoms with E-state index >= 15 is 0 Å². The Balaban J connectivity index is 2.02. The molecule has 0 amide bonds. The first-order valence-corrected chi connectivity index (χ1v) is 8.03. The summed E-state index contributed by atoms with van der Waals surface area (Å²) in [6.45, 7) is 1.51. The Hall–Kier alpha value is -2.30. The summed E-state index contributed by atoms with van der Waals surface area (Å²) in [5, 5.41) is 7.57. The van der Waals surface area contributed by atoms with Crippen LogP contribution in [0.3, 0.4) is 0 Å². The lowest BCUT2D eigenvalue weighted by Crippen LogP contribution is -2.23. The van der Waals surface area contributed by atoms with Crippen molar-refractivity contribution in [2.45, 2.75) is 6.92 Å². The van der Waals surface area contributed by atoms with E-state index < -0.39 is 17.0 Å². The Kier molecular flexibility index (Phi) is 4.35. The molecule has 1 unspecified atom stereocenters. The number of nitrogens with zero attached hydrogens (tertiary/aromatic N) is 3. The number of halogens is 2. The molecule has 0 aliphatic heterocycles. The van der Waals surface area contributed by atoms with E-state index in [1.54, 1.807) is 0 Å². The van der Waals surface area contributed by atoms with Crippen molar-refractivity contribution >= 4 is 40.3 Å². The maximum absolute atomic E-state index is 12.4. The lowest BCUT2D eigenvalue weighted by Gasteiger charge is -2.05. The number of nitrogen functional groups attached to an aromatic ring is 1. The molecule has 12 heteroatoms. The van der Waals surface area contributed by atoms with Gasteiger partial charge in [-0.25, -0.2) is 4.79 Å². The highest BCUT2D eigenvalue weighted by Gasteiger charge is 2.23. The Morgan fingerprint density at radius 1 is 1.25 bits per heavy atom. The third kappa shape index (κ3) is 2.90. The lowest BCUT2D eigenvalue weighted by atomic mass is 10.2. The van der Waals surface area contributed by atoms with Gasteiger partial charge in [0.1, 0.15) is 0 Å². The molecule has 0 aliphatic rings. The van der Waals surface area contributed by atoms with Crippen LogP contribution in [0.25, 0.3) is 11.4 Å². The minimum atomic E-state index is -2.35. The van der Waals surface area contributed by atoms with Crippen molar-refractivity contribution in [1.82, 2.24) is 14.3 Å². The average molecular weight is 391 g/mol. The SMILES string of the molecule is Cc1onc(N)c1OS(=O)n1c(-c2ccc(Cl)c(Cl)c2)noc1=O. The molecular formula is C12H8Cl2N4O5S. The first-order chi connectivity index (χ1) is 11.4. The van der Waals surface area contributed by atoms with Gasteiger partial charge >= 0.3 is 17.0 Å². The standard InChI is InChI=1S/C12H8Cl2N4O5S/c1-5-9(10(15)16-21-5)23-24(20)18-11(17-22-12(18)19)6-2-3-7(13)8(14)4-6/h2-4H,1H3,(H2,15,16). The largest absolute Gasteiger partial charge is 0.456 e. The second kappa shape index (κ2) is 6.30. The highest BCUT2D eigenvalue weighted by atomic mass is 35.5. The van der Waals surface area contributed by atoms with Crippen molar-refractivity contribution in [3.63, 3.8) is 0 Å². The Labute approximate surface area is 146 Å². The molecule has 0 bridgehead atoms. The number of aromatic nitrogens is 3. The molecule has 0 saturated carbocycles. The lowest BCUT2D eigenvalue weighted by molar-refractivity contribution is 0.383. The highest BCUT2D eigenvalue weighted by molar-refractivity contribution is 7.79. The molecule has 0 saturated heterocycles. The van der Waals surface area contributed by atoms with Crippen LogP contribution >= 0.6 is 23.2 Å². The van der Waals surface area contributed by atoms with Crippen LogP contribution in [0, 0.1) is 6.92 Å². The minimum Gasteiger partial charge on any atom is -0.378 e. The van der Waals surface area contributed by atoms with Crippen LogP contribution in [0.2, 0.25) is 10.0 Å². The number of anilines is 1. The number of rotatable bonds is 4. The average Bonchev–Trinajstić information content (AvgIpc) is 3.07. The predicted molar refractivity (Wildman–Crippen MR) is 86.0 cm³/mol. The Bertz CT molecular complexity index is 976. The van der Waals surface area contributed by atoms with E-state index in [9.17, 15) is 9.00 Å². The van der Waals surface area contributed by atoms with Crippen molar-refractivity contribution in [1.29, 1.82) is 0 Å². The van der Waals surface area contributed by atoms with Crippen molar-refractivity contribution in [2.75, 3.05) is 5.73 Å². The summed E-state index contributed by atoms with van der Waals surface area (Å²) in [6.07, 6.45) is 0. The van der Waals surface area contributed by atoms with Gasteiger partial charge in [0.25, 0.3) is 0 Å². The summed E-state index contributed by atoms with van der Waals surface area (Å²) in [4.78, 5) is 11.8. The number of benzene rings is 1. The van der Waals surface area contributed by atoms with Crippen molar-refractivity contribution < 1.29 is 17.4 Å². The zero-order chi connectivity index (χ0) is 17.4. The molecule has 0 radical (unpaired) electrons. The van der Waals surface area contributed by atoms with E-state index in [2.05, 4.69) is 14.8 Å². The molecule has 126 valence electrons. The van der Waals surface area contributed by atoms with Gasteiger partial charge in [-0.15, -0.1) is 3.97 Å². The van der Waals surface area contributed by atoms with Gasteiger partial charge in [-0.3, -0.25) is 4.52 Å². The molecule has 0 fully saturated rings. The van der Waals surface area contributed by atoms with Gasteiger partial charge in [-0.05, 0) is 18.2 Å². The predicted octanol–water partition coefficient (Wildman–Crippen LogP) is 2.19. The third-order valence-corrected chi connectivity index (χ3v) is 4.55. The fraction of sp³-hybridized carbons (Fsp3) is 0.0833. The molecule has 2 heterocycles. The molecule has 2 N–H and O–H groups in total. The zero-order valence-corrected chi connectivity index (χ0v) is 14.2. The smallest absolute Gasteiger partial charge is 0.378 e. The van der Waals surface area contributed by atoms with Gasteiger partial charge < -0.3 is 14.4 Å². The molecule has 3 aromatic rings. The molecule has 2 aromatic heterocycles. The summed E-state index contributed by atoms with van der Waals surface area (Å²) in [5.41, 5.74) is 5.89. The van der Waals surface area contributed by atoms with Crippen LogP contribution in [0.4, 0.5) is 5.82 Å². The molecule has 0 spiro atoms. The minimum absolute atomic E-state index is 0.0541. The van der Waals surface area contributed by atoms with Crippen LogP contribution in [0.1, 0.15) is 5.76 Å². The van der Waals surface area contributed by atoms with E-state index in [0.29, 0.717) is 14.6 Å². The van der Waals surface area contributed by atoms with Gasteiger partial charge in [0, 0.05) is 12.5 Å². The Morgan fingerprint density at radius 2 is 2.00 bits per heavy atom. The fourth-order valence-corrected chi connectivity index (χ4v) is 2.92. The van der Waals surface area contributed by atoms with Crippen molar-refractivity contribution in [3.05, 3.63) is 44.6 Å². The topological polar surface area (TPSA) is 126 Å². The van der Waals surface area contributed by atoms with E-state index in [-0.39, 0.29) is 28.2 Å². The second-order valence-electron chi connectivity index (χ2n) is 4.45. The van der Waals surface area contributed by atoms with Crippen molar-refractivity contribution in [3.8, 4) is 17.1 Å². The quantitative estimate of drug-likeness (QED) is 0.717. The Morgan fingerprint density at radius 3 is 2.62 bits per heavy atom. The summed E-state index contributed by atoms with van der Waals surface area (Å²) in [6, 6.07) is 4.46. The summed E-state index contributed by atoms with van der Waals surface area (Å²) in [5.74, 6) is -1.03.